The van der Waals surface area contributed by atoms with Crippen molar-refractivity contribution in [1.29, 1.82) is 0 Å². The molecule has 48 heavy (non-hydrogen) atoms. The highest BCUT2D eigenvalue weighted by atomic mass is 14.6. The first-order valence-electron chi connectivity index (χ1n) is 16.6. The van der Waals surface area contributed by atoms with Gasteiger partial charge < -0.3 is 0 Å². The molecule has 2 heteroatoms. The zero-order valence-electron chi connectivity index (χ0n) is 26.5. The summed E-state index contributed by atoms with van der Waals surface area (Å²) in [6, 6.07) is 48.7. The van der Waals surface area contributed by atoms with Crippen LogP contribution in [0.15, 0.2) is 164 Å². The number of aromatic nitrogens is 2. The molecule has 2 aromatic heterocycles. The van der Waals surface area contributed by atoms with Crippen LogP contribution < -0.4 is 0 Å². The molecule has 2 heterocycles. The third kappa shape index (κ3) is 4.99. The zero-order valence-corrected chi connectivity index (χ0v) is 26.5. The molecule has 0 unspecified atom stereocenters. The highest BCUT2D eigenvalue weighted by Gasteiger charge is 2.17. The summed E-state index contributed by atoms with van der Waals surface area (Å²) in [4.78, 5) is 8.80. The minimum atomic E-state index is 1.07. The van der Waals surface area contributed by atoms with Gasteiger partial charge in [-0.2, -0.15) is 0 Å². The number of nitrogens with zero attached hydrogens (tertiary/aromatic N) is 2. The van der Waals surface area contributed by atoms with Crippen LogP contribution in [0.1, 0.15) is 17.5 Å². The summed E-state index contributed by atoms with van der Waals surface area (Å²) < 4.78 is 0. The molecule has 0 N–H and O–H groups in total. The van der Waals surface area contributed by atoms with Gasteiger partial charge in [-0.05, 0) is 132 Å². The standard InChI is InChI=1S/C46H32N2/c1-2-15-40(33-20-21-45-43-18-4-3-16-41(43)42-17-5-6-19-44(42)46(45)28-33)39(14-1)32-11-7-10-31(24-32)36-25-37(34-12-8-22-47-29-34)27-38(26-36)35-13-9-23-48-30-35/h1-5,7-18,20-30H,6,19H2. The second-order valence-electron chi connectivity index (χ2n) is 12.5. The van der Waals surface area contributed by atoms with Crippen molar-refractivity contribution >= 4 is 27.6 Å². The van der Waals surface area contributed by atoms with E-state index in [0.717, 1.165) is 40.7 Å². The predicted molar refractivity (Wildman–Crippen MR) is 202 cm³/mol. The molecular formula is C46H32N2. The fourth-order valence-electron chi connectivity index (χ4n) is 7.39. The van der Waals surface area contributed by atoms with E-state index in [-0.39, 0.29) is 0 Å². The molecule has 0 saturated heterocycles. The lowest BCUT2D eigenvalue weighted by Crippen LogP contribution is -1.98. The van der Waals surface area contributed by atoms with Crippen LogP contribution in [0.25, 0.3) is 83.3 Å². The van der Waals surface area contributed by atoms with Crippen LogP contribution in [-0.2, 0) is 6.42 Å². The SMILES string of the molecule is C1=Cc2c(c3cc(-c4ccccc4-c4cccc(-c5cc(-c6cccnc6)cc(-c6cccnc6)c5)c4)ccc3c3ccccc23)CC1. The Kier molecular flexibility index (Phi) is 6.98. The van der Waals surface area contributed by atoms with Crippen molar-refractivity contribution in [3.05, 3.63) is 175 Å². The van der Waals surface area contributed by atoms with Crippen LogP contribution in [0.5, 0.6) is 0 Å². The van der Waals surface area contributed by atoms with Crippen LogP contribution in [-0.4, -0.2) is 9.97 Å². The van der Waals surface area contributed by atoms with Crippen molar-refractivity contribution in [2.75, 3.05) is 0 Å². The fourth-order valence-corrected chi connectivity index (χ4v) is 7.39. The summed E-state index contributed by atoms with van der Waals surface area (Å²) in [5, 5.41) is 5.37. The van der Waals surface area contributed by atoms with Crippen molar-refractivity contribution in [3.8, 4) is 55.6 Å². The van der Waals surface area contributed by atoms with Crippen LogP contribution >= 0.6 is 0 Å². The van der Waals surface area contributed by atoms with Gasteiger partial charge in [0.2, 0.25) is 0 Å². The van der Waals surface area contributed by atoms with Gasteiger partial charge in [-0.3, -0.25) is 9.97 Å². The molecular weight excluding hydrogens is 581 g/mol. The summed E-state index contributed by atoms with van der Waals surface area (Å²) in [5.41, 5.74) is 14.5. The van der Waals surface area contributed by atoms with E-state index in [1.54, 1.807) is 0 Å². The Bertz CT molecular complexity index is 2440. The number of pyridine rings is 2. The molecule has 8 aromatic rings. The maximum atomic E-state index is 4.40. The quantitative estimate of drug-likeness (QED) is 0.181. The molecule has 0 amide bonds. The van der Waals surface area contributed by atoms with E-state index in [1.165, 1.54) is 60.5 Å². The summed E-state index contributed by atoms with van der Waals surface area (Å²) >= 11 is 0. The average Bonchev–Trinajstić information content (AvgIpc) is 3.18. The normalized spacial score (nSPS) is 12.3. The molecule has 9 rings (SSSR count). The lowest BCUT2D eigenvalue weighted by atomic mass is 9.85. The van der Waals surface area contributed by atoms with Gasteiger partial charge in [0.1, 0.15) is 0 Å². The Hall–Kier alpha value is -6.12. The van der Waals surface area contributed by atoms with Crippen LogP contribution in [0.3, 0.4) is 0 Å². The maximum Gasteiger partial charge on any atom is 0.0346 e. The van der Waals surface area contributed by atoms with Crippen molar-refractivity contribution in [2.24, 2.45) is 0 Å². The van der Waals surface area contributed by atoms with Gasteiger partial charge in [0.15, 0.2) is 0 Å². The van der Waals surface area contributed by atoms with Gasteiger partial charge in [0, 0.05) is 35.9 Å². The third-order valence-electron chi connectivity index (χ3n) is 9.69. The van der Waals surface area contributed by atoms with Crippen molar-refractivity contribution in [3.63, 3.8) is 0 Å². The first-order chi connectivity index (χ1) is 23.8. The topological polar surface area (TPSA) is 25.8 Å². The van der Waals surface area contributed by atoms with Crippen LogP contribution in [0.2, 0.25) is 0 Å². The lowest BCUT2D eigenvalue weighted by molar-refractivity contribution is 1.00. The minimum absolute atomic E-state index is 1.07. The van der Waals surface area contributed by atoms with Gasteiger partial charge in [0.25, 0.3) is 0 Å². The summed E-state index contributed by atoms with van der Waals surface area (Å²) in [7, 11) is 0. The second-order valence-corrected chi connectivity index (χ2v) is 12.5. The molecule has 6 aromatic carbocycles. The molecule has 2 nitrogen and oxygen atoms in total. The molecule has 0 fully saturated rings. The molecule has 1 aliphatic rings. The molecule has 226 valence electrons. The van der Waals surface area contributed by atoms with E-state index in [1.807, 2.05) is 36.9 Å². The number of rotatable bonds is 5. The molecule has 0 bridgehead atoms. The van der Waals surface area contributed by atoms with Crippen LogP contribution in [0, 0.1) is 0 Å². The van der Waals surface area contributed by atoms with Gasteiger partial charge in [-0.1, -0.05) is 103 Å². The summed E-state index contributed by atoms with van der Waals surface area (Å²) in [6.45, 7) is 0. The fraction of sp³-hybridized carbons (Fsp3) is 0.0435. The Labute approximate surface area is 280 Å². The van der Waals surface area contributed by atoms with Gasteiger partial charge in [0.05, 0.1) is 0 Å². The lowest BCUT2D eigenvalue weighted by Gasteiger charge is -2.19. The van der Waals surface area contributed by atoms with Crippen molar-refractivity contribution in [2.45, 2.75) is 12.8 Å². The minimum Gasteiger partial charge on any atom is -0.264 e. The number of hydrogen-bond acceptors (Lipinski definition) is 2. The molecule has 0 aliphatic heterocycles. The van der Waals surface area contributed by atoms with Gasteiger partial charge in [-0.25, -0.2) is 0 Å². The predicted octanol–water partition coefficient (Wildman–Crippen LogP) is 12.1. The zero-order chi connectivity index (χ0) is 31.9. The number of benzene rings is 6. The van der Waals surface area contributed by atoms with Crippen molar-refractivity contribution in [1.82, 2.24) is 9.97 Å². The molecule has 0 spiro atoms. The van der Waals surface area contributed by atoms with E-state index in [9.17, 15) is 0 Å². The number of aryl methyl sites for hydroxylation is 1. The molecule has 0 radical (unpaired) electrons. The molecule has 0 atom stereocenters. The maximum absolute atomic E-state index is 4.40. The Morgan fingerprint density at radius 1 is 0.396 bits per heavy atom. The summed E-state index contributed by atoms with van der Waals surface area (Å²) in [5.74, 6) is 0. The van der Waals surface area contributed by atoms with E-state index < -0.39 is 0 Å². The van der Waals surface area contributed by atoms with E-state index in [4.69, 9.17) is 0 Å². The van der Waals surface area contributed by atoms with Crippen LogP contribution in [0.4, 0.5) is 0 Å². The summed E-state index contributed by atoms with van der Waals surface area (Å²) in [6.07, 6.45) is 14.3. The smallest absolute Gasteiger partial charge is 0.0346 e. The third-order valence-corrected chi connectivity index (χ3v) is 9.69. The van der Waals surface area contributed by atoms with Crippen molar-refractivity contribution < 1.29 is 0 Å². The van der Waals surface area contributed by atoms with Gasteiger partial charge >= 0.3 is 0 Å². The highest BCUT2D eigenvalue weighted by molar-refractivity contribution is 6.14. The Morgan fingerprint density at radius 2 is 0.958 bits per heavy atom. The number of fused-ring (bicyclic) bond motifs is 6. The van der Waals surface area contributed by atoms with E-state index >= 15 is 0 Å². The first kappa shape index (κ1) is 28.1. The van der Waals surface area contributed by atoms with Gasteiger partial charge in [-0.15, -0.1) is 0 Å². The first-order valence-corrected chi connectivity index (χ1v) is 16.6. The number of hydrogen-bond donors (Lipinski definition) is 0. The van der Waals surface area contributed by atoms with E-state index in [0.29, 0.717) is 0 Å². The van der Waals surface area contributed by atoms with E-state index in [2.05, 4.69) is 143 Å². The molecule has 0 saturated carbocycles. The Balaban J connectivity index is 1.18. The largest absolute Gasteiger partial charge is 0.264 e. The Morgan fingerprint density at radius 3 is 1.65 bits per heavy atom. The molecule has 1 aliphatic carbocycles. The second kappa shape index (κ2) is 11.9. The highest BCUT2D eigenvalue weighted by Crippen LogP contribution is 2.41. The monoisotopic (exact) mass is 612 g/mol. The number of allylic oxidation sites excluding steroid dienone is 1. The average molecular weight is 613 g/mol.